The number of rotatable bonds is 4. The summed E-state index contributed by atoms with van der Waals surface area (Å²) >= 11 is 0. The van der Waals surface area contributed by atoms with Crippen molar-refractivity contribution in [2.45, 2.75) is 64.8 Å². The molecule has 0 spiro atoms. The Hall–Kier alpha value is -0.900. The van der Waals surface area contributed by atoms with E-state index in [9.17, 15) is 0 Å². The number of aromatic nitrogens is 2. The van der Waals surface area contributed by atoms with Crippen LogP contribution in [0.4, 0.5) is 0 Å². The number of nitrogens with two attached hydrogens (primary N) is 1. The quantitative estimate of drug-likeness (QED) is 0.890. The second kappa shape index (κ2) is 5.83. The van der Waals surface area contributed by atoms with E-state index in [4.69, 9.17) is 10.3 Å². The largest absolute Gasteiger partial charge is 0.338 e. The molecule has 0 aliphatic heterocycles. The van der Waals surface area contributed by atoms with Gasteiger partial charge in [-0.25, -0.2) is 0 Å². The summed E-state index contributed by atoms with van der Waals surface area (Å²) in [5.74, 6) is 3.16. The van der Waals surface area contributed by atoms with Gasteiger partial charge in [-0.05, 0) is 37.5 Å². The Morgan fingerprint density at radius 3 is 2.50 bits per heavy atom. The number of hydrogen-bond donors (Lipinski definition) is 1. The van der Waals surface area contributed by atoms with Crippen LogP contribution in [0, 0.1) is 11.8 Å². The topological polar surface area (TPSA) is 64.9 Å². The second-order valence-corrected chi connectivity index (χ2v) is 5.89. The molecular weight excluding hydrogens is 226 g/mol. The van der Waals surface area contributed by atoms with Gasteiger partial charge < -0.3 is 10.3 Å². The molecule has 1 fully saturated rings. The van der Waals surface area contributed by atoms with Crippen molar-refractivity contribution >= 4 is 0 Å². The van der Waals surface area contributed by atoms with Crippen LogP contribution in [0.15, 0.2) is 4.52 Å². The van der Waals surface area contributed by atoms with Gasteiger partial charge in [0.15, 0.2) is 5.82 Å². The van der Waals surface area contributed by atoms with Crippen molar-refractivity contribution in [1.29, 1.82) is 0 Å². The molecule has 0 bridgehead atoms. The van der Waals surface area contributed by atoms with Gasteiger partial charge in [-0.3, -0.25) is 0 Å². The Labute approximate surface area is 109 Å². The summed E-state index contributed by atoms with van der Waals surface area (Å²) in [7, 11) is 0. The molecular formula is C14H25N3O. The van der Waals surface area contributed by atoms with Gasteiger partial charge in [-0.15, -0.1) is 0 Å². The van der Waals surface area contributed by atoms with E-state index in [1.807, 2.05) is 0 Å². The zero-order valence-electron chi connectivity index (χ0n) is 11.7. The van der Waals surface area contributed by atoms with Crippen LogP contribution in [0.5, 0.6) is 0 Å². The summed E-state index contributed by atoms with van der Waals surface area (Å²) in [6, 6.07) is -0.141. The zero-order valence-corrected chi connectivity index (χ0v) is 11.7. The average molecular weight is 251 g/mol. The molecule has 1 aliphatic rings. The van der Waals surface area contributed by atoms with Gasteiger partial charge >= 0.3 is 0 Å². The summed E-state index contributed by atoms with van der Waals surface area (Å²) in [4.78, 5) is 4.50. The van der Waals surface area contributed by atoms with Crippen LogP contribution in [-0.2, 0) is 0 Å². The van der Waals surface area contributed by atoms with Gasteiger partial charge in [-0.1, -0.05) is 32.3 Å². The average Bonchev–Trinajstić information content (AvgIpc) is 2.87. The lowest BCUT2D eigenvalue weighted by Crippen LogP contribution is -2.17. The van der Waals surface area contributed by atoms with Crippen molar-refractivity contribution in [3.8, 4) is 0 Å². The zero-order chi connectivity index (χ0) is 13.1. The van der Waals surface area contributed by atoms with E-state index in [0.29, 0.717) is 17.7 Å². The van der Waals surface area contributed by atoms with Crippen molar-refractivity contribution < 1.29 is 4.52 Å². The third-order valence-corrected chi connectivity index (χ3v) is 4.25. The van der Waals surface area contributed by atoms with Crippen LogP contribution < -0.4 is 5.73 Å². The molecule has 1 aliphatic carbocycles. The molecule has 1 aromatic heterocycles. The molecule has 0 aromatic carbocycles. The lowest BCUT2D eigenvalue weighted by Gasteiger charge is -2.25. The summed E-state index contributed by atoms with van der Waals surface area (Å²) in [6.45, 7) is 6.42. The molecule has 0 unspecified atom stereocenters. The third kappa shape index (κ3) is 2.91. The summed E-state index contributed by atoms with van der Waals surface area (Å²) in [5, 5.41) is 4.13. The maximum absolute atomic E-state index is 6.03. The lowest BCUT2D eigenvalue weighted by atomic mass is 9.80. The van der Waals surface area contributed by atoms with Gasteiger partial charge in [0, 0.05) is 5.92 Å². The fourth-order valence-electron chi connectivity index (χ4n) is 2.66. The third-order valence-electron chi connectivity index (χ3n) is 4.25. The Kier molecular flexibility index (Phi) is 4.38. The Balaban J connectivity index is 1.98. The van der Waals surface area contributed by atoms with Crippen LogP contribution in [-0.4, -0.2) is 10.1 Å². The minimum atomic E-state index is -0.141. The maximum Gasteiger partial charge on any atom is 0.243 e. The first-order valence-corrected chi connectivity index (χ1v) is 7.20. The monoisotopic (exact) mass is 251 g/mol. The molecule has 2 rings (SSSR count). The van der Waals surface area contributed by atoms with Crippen molar-refractivity contribution in [3.05, 3.63) is 11.7 Å². The smallest absolute Gasteiger partial charge is 0.243 e. The number of nitrogens with zero attached hydrogens (tertiary/aromatic N) is 2. The molecule has 1 saturated carbocycles. The SMILES string of the molecule is CCC1CCC(c2noc([C@@H](N)C(C)C)n2)CC1. The first kappa shape index (κ1) is 13.5. The summed E-state index contributed by atoms with van der Waals surface area (Å²) in [5.41, 5.74) is 6.03. The first-order valence-electron chi connectivity index (χ1n) is 7.20. The Morgan fingerprint density at radius 1 is 1.28 bits per heavy atom. The van der Waals surface area contributed by atoms with Gasteiger partial charge in [0.1, 0.15) is 0 Å². The van der Waals surface area contributed by atoms with E-state index in [1.165, 1.54) is 32.1 Å². The predicted octanol–water partition coefficient (Wildman–Crippen LogP) is 3.41. The van der Waals surface area contributed by atoms with E-state index >= 15 is 0 Å². The summed E-state index contributed by atoms with van der Waals surface area (Å²) < 4.78 is 5.31. The van der Waals surface area contributed by atoms with Crippen LogP contribution in [0.2, 0.25) is 0 Å². The minimum Gasteiger partial charge on any atom is -0.338 e. The van der Waals surface area contributed by atoms with Crippen molar-refractivity contribution in [1.82, 2.24) is 10.1 Å². The fourth-order valence-corrected chi connectivity index (χ4v) is 2.66. The highest BCUT2D eigenvalue weighted by molar-refractivity contribution is 5.00. The standard InChI is InChI=1S/C14H25N3O/c1-4-10-5-7-11(8-6-10)13-16-14(18-17-13)12(15)9(2)3/h9-12H,4-8,15H2,1-3H3/t10?,11?,12-/m0/s1. The summed E-state index contributed by atoms with van der Waals surface area (Å²) in [6.07, 6.45) is 6.26. The van der Waals surface area contributed by atoms with Crippen LogP contribution >= 0.6 is 0 Å². The molecule has 2 N–H and O–H groups in total. The molecule has 0 radical (unpaired) electrons. The van der Waals surface area contributed by atoms with Gasteiger partial charge in [0.2, 0.25) is 5.89 Å². The fraction of sp³-hybridized carbons (Fsp3) is 0.857. The molecule has 1 aromatic rings. The molecule has 1 atom stereocenters. The van der Waals surface area contributed by atoms with E-state index < -0.39 is 0 Å². The molecule has 102 valence electrons. The van der Waals surface area contributed by atoms with Crippen LogP contribution in [0.3, 0.4) is 0 Å². The van der Waals surface area contributed by atoms with E-state index in [-0.39, 0.29) is 6.04 Å². The highest BCUT2D eigenvalue weighted by atomic mass is 16.5. The Morgan fingerprint density at radius 2 is 1.94 bits per heavy atom. The van der Waals surface area contributed by atoms with Crippen LogP contribution in [0.1, 0.15) is 76.6 Å². The molecule has 0 saturated heterocycles. The van der Waals surface area contributed by atoms with Crippen molar-refractivity contribution in [3.63, 3.8) is 0 Å². The lowest BCUT2D eigenvalue weighted by molar-refractivity contribution is 0.297. The van der Waals surface area contributed by atoms with Gasteiger partial charge in [0.25, 0.3) is 0 Å². The van der Waals surface area contributed by atoms with Gasteiger partial charge in [-0.2, -0.15) is 4.98 Å². The van der Waals surface area contributed by atoms with Crippen LogP contribution in [0.25, 0.3) is 0 Å². The second-order valence-electron chi connectivity index (χ2n) is 5.89. The van der Waals surface area contributed by atoms with E-state index in [1.54, 1.807) is 0 Å². The van der Waals surface area contributed by atoms with E-state index in [2.05, 4.69) is 30.9 Å². The predicted molar refractivity (Wildman–Crippen MR) is 71.1 cm³/mol. The maximum atomic E-state index is 6.03. The number of hydrogen-bond acceptors (Lipinski definition) is 4. The van der Waals surface area contributed by atoms with Gasteiger partial charge in [0.05, 0.1) is 6.04 Å². The normalized spacial score (nSPS) is 26.5. The molecule has 0 amide bonds. The van der Waals surface area contributed by atoms with Crippen molar-refractivity contribution in [2.24, 2.45) is 17.6 Å². The highest BCUT2D eigenvalue weighted by Gasteiger charge is 2.26. The molecule has 4 heteroatoms. The molecule has 1 heterocycles. The molecule has 4 nitrogen and oxygen atoms in total. The Bertz CT molecular complexity index is 367. The first-order chi connectivity index (χ1) is 8.61. The minimum absolute atomic E-state index is 0.141. The molecule has 18 heavy (non-hydrogen) atoms. The van der Waals surface area contributed by atoms with E-state index in [0.717, 1.165) is 11.7 Å². The highest BCUT2D eigenvalue weighted by Crippen LogP contribution is 2.36. The van der Waals surface area contributed by atoms with Crippen molar-refractivity contribution in [2.75, 3.05) is 0 Å².